The minimum absolute atomic E-state index is 0.0935. The zero-order valence-electron chi connectivity index (χ0n) is 17.7. The zero-order chi connectivity index (χ0) is 21.5. The van der Waals surface area contributed by atoms with Crippen LogP contribution < -0.4 is 4.90 Å². The van der Waals surface area contributed by atoms with Crippen LogP contribution in [0.3, 0.4) is 0 Å². The SMILES string of the molecule is CCN(C(=O)COC(=O)c1ccc(N2CCCCC2)c([N+](=O)[O-])c1)C1CCCCC1. The molecule has 1 aliphatic carbocycles. The summed E-state index contributed by atoms with van der Waals surface area (Å²) < 4.78 is 5.22. The molecule has 1 saturated carbocycles. The molecule has 1 saturated heterocycles. The second kappa shape index (κ2) is 10.4. The number of hydrogen-bond acceptors (Lipinski definition) is 6. The van der Waals surface area contributed by atoms with Crippen molar-refractivity contribution < 1.29 is 19.2 Å². The van der Waals surface area contributed by atoms with E-state index >= 15 is 0 Å². The van der Waals surface area contributed by atoms with Crippen molar-refractivity contribution >= 4 is 23.3 Å². The third-order valence-corrected chi connectivity index (χ3v) is 6.11. The zero-order valence-corrected chi connectivity index (χ0v) is 17.7. The summed E-state index contributed by atoms with van der Waals surface area (Å²) in [5.74, 6) is -0.923. The number of esters is 1. The minimum Gasteiger partial charge on any atom is -0.452 e. The normalized spacial score (nSPS) is 17.4. The number of hydrogen-bond donors (Lipinski definition) is 0. The second-order valence-corrected chi connectivity index (χ2v) is 8.06. The summed E-state index contributed by atoms with van der Waals surface area (Å²) in [5.41, 5.74) is 0.521. The van der Waals surface area contributed by atoms with Crippen LogP contribution in [-0.4, -0.2) is 54.0 Å². The fourth-order valence-corrected chi connectivity index (χ4v) is 4.52. The fraction of sp³-hybridized carbons (Fsp3) is 0.636. The molecule has 0 aromatic heterocycles. The molecule has 1 amide bonds. The lowest BCUT2D eigenvalue weighted by molar-refractivity contribution is -0.384. The van der Waals surface area contributed by atoms with Gasteiger partial charge in [0.25, 0.3) is 11.6 Å². The van der Waals surface area contributed by atoms with E-state index in [1.807, 2.05) is 11.8 Å². The van der Waals surface area contributed by atoms with Gasteiger partial charge in [0.15, 0.2) is 6.61 Å². The Labute approximate surface area is 177 Å². The third kappa shape index (κ3) is 5.29. The quantitative estimate of drug-likeness (QED) is 0.379. The highest BCUT2D eigenvalue weighted by atomic mass is 16.6. The van der Waals surface area contributed by atoms with Crippen molar-refractivity contribution in [2.24, 2.45) is 0 Å². The first-order chi connectivity index (χ1) is 14.5. The lowest BCUT2D eigenvalue weighted by atomic mass is 9.94. The number of carbonyl (C=O) groups is 2. The van der Waals surface area contributed by atoms with Gasteiger partial charge in [0.1, 0.15) is 5.69 Å². The Hall–Kier alpha value is -2.64. The molecule has 1 heterocycles. The van der Waals surface area contributed by atoms with E-state index in [0.29, 0.717) is 12.2 Å². The van der Waals surface area contributed by atoms with Crippen LogP contribution in [0.15, 0.2) is 18.2 Å². The first-order valence-electron chi connectivity index (χ1n) is 11.0. The number of benzene rings is 1. The molecule has 0 radical (unpaired) electrons. The molecule has 1 aromatic rings. The molecule has 8 heteroatoms. The molecule has 2 fully saturated rings. The van der Waals surface area contributed by atoms with Crippen LogP contribution in [-0.2, 0) is 9.53 Å². The van der Waals surface area contributed by atoms with E-state index in [9.17, 15) is 19.7 Å². The summed E-state index contributed by atoms with van der Waals surface area (Å²) in [5, 5.41) is 11.6. The van der Waals surface area contributed by atoms with Gasteiger partial charge in [0.05, 0.1) is 10.5 Å². The maximum absolute atomic E-state index is 12.6. The van der Waals surface area contributed by atoms with E-state index in [2.05, 4.69) is 0 Å². The first-order valence-corrected chi connectivity index (χ1v) is 11.0. The van der Waals surface area contributed by atoms with Crippen molar-refractivity contribution in [1.82, 2.24) is 4.90 Å². The smallest absolute Gasteiger partial charge is 0.338 e. The van der Waals surface area contributed by atoms with Crippen LogP contribution in [0, 0.1) is 10.1 Å². The Bertz CT molecular complexity index is 770. The Morgan fingerprint density at radius 3 is 2.43 bits per heavy atom. The first kappa shape index (κ1) is 22.1. The maximum atomic E-state index is 12.6. The van der Waals surface area contributed by atoms with Crippen LogP contribution in [0.1, 0.15) is 68.6 Å². The Morgan fingerprint density at radius 2 is 1.80 bits per heavy atom. The van der Waals surface area contributed by atoms with Gasteiger partial charge >= 0.3 is 5.97 Å². The number of anilines is 1. The van der Waals surface area contributed by atoms with Crippen molar-refractivity contribution in [3.05, 3.63) is 33.9 Å². The van der Waals surface area contributed by atoms with E-state index in [1.54, 1.807) is 17.0 Å². The highest BCUT2D eigenvalue weighted by Gasteiger charge is 2.26. The van der Waals surface area contributed by atoms with E-state index in [0.717, 1.165) is 58.0 Å². The van der Waals surface area contributed by atoms with Gasteiger partial charge < -0.3 is 14.5 Å². The highest BCUT2D eigenvalue weighted by molar-refractivity contribution is 5.93. The molecule has 0 unspecified atom stereocenters. The van der Waals surface area contributed by atoms with Gasteiger partial charge in [-0.25, -0.2) is 4.79 Å². The van der Waals surface area contributed by atoms with Crippen molar-refractivity contribution in [1.29, 1.82) is 0 Å². The molecule has 3 rings (SSSR count). The monoisotopic (exact) mass is 417 g/mol. The number of nitrogens with zero attached hydrogens (tertiary/aromatic N) is 3. The van der Waals surface area contributed by atoms with Crippen molar-refractivity contribution in [3.8, 4) is 0 Å². The predicted octanol–water partition coefficient (Wildman–Crippen LogP) is 3.92. The van der Waals surface area contributed by atoms with Crippen molar-refractivity contribution in [3.63, 3.8) is 0 Å². The van der Waals surface area contributed by atoms with E-state index in [1.165, 1.54) is 12.5 Å². The average Bonchev–Trinajstić information content (AvgIpc) is 2.78. The third-order valence-electron chi connectivity index (χ3n) is 6.11. The Morgan fingerprint density at radius 1 is 1.13 bits per heavy atom. The molecular weight excluding hydrogens is 386 g/mol. The number of carbonyl (C=O) groups excluding carboxylic acids is 2. The van der Waals surface area contributed by atoms with Gasteiger partial charge in [-0.15, -0.1) is 0 Å². The van der Waals surface area contributed by atoms with Crippen LogP contribution >= 0.6 is 0 Å². The fourth-order valence-electron chi connectivity index (χ4n) is 4.52. The van der Waals surface area contributed by atoms with Crippen molar-refractivity contribution in [2.75, 3.05) is 31.1 Å². The van der Waals surface area contributed by atoms with Crippen LogP contribution in [0.4, 0.5) is 11.4 Å². The maximum Gasteiger partial charge on any atom is 0.338 e. The number of ether oxygens (including phenoxy) is 1. The number of nitro groups is 1. The highest BCUT2D eigenvalue weighted by Crippen LogP contribution is 2.31. The minimum atomic E-state index is -0.712. The van der Waals surface area contributed by atoms with Crippen molar-refractivity contribution in [2.45, 2.75) is 64.3 Å². The molecule has 164 valence electrons. The standard InChI is InChI=1S/C22H31N3O5/c1-2-24(18-9-5-3-6-10-18)21(26)16-30-22(27)17-11-12-19(20(15-17)25(28)29)23-13-7-4-8-14-23/h11-12,15,18H,2-10,13-14,16H2,1H3. The molecule has 0 spiro atoms. The number of piperidine rings is 1. The van der Waals surface area contributed by atoms with Crippen LogP contribution in [0.5, 0.6) is 0 Å². The van der Waals surface area contributed by atoms with Gasteiger partial charge in [-0.05, 0) is 51.2 Å². The largest absolute Gasteiger partial charge is 0.452 e. The molecule has 8 nitrogen and oxygen atoms in total. The number of likely N-dealkylation sites (N-methyl/N-ethyl adjacent to an activating group) is 1. The summed E-state index contributed by atoms with van der Waals surface area (Å²) in [4.78, 5) is 39.9. The van der Waals surface area contributed by atoms with Gasteiger partial charge in [-0.3, -0.25) is 14.9 Å². The number of rotatable bonds is 7. The molecule has 1 aliphatic heterocycles. The van der Waals surface area contributed by atoms with E-state index in [-0.39, 0.29) is 29.8 Å². The van der Waals surface area contributed by atoms with E-state index in [4.69, 9.17) is 4.74 Å². The molecule has 30 heavy (non-hydrogen) atoms. The molecule has 0 N–H and O–H groups in total. The lowest BCUT2D eigenvalue weighted by Gasteiger charge is -2.33. The van der Waals surface area contributed by atoms with Gasteiger partial charge in [-0.2, -0.15) is 0 Å². The average molecular weight is 418 g/mol. The lowest BCUT2D eigenvalue weighted by Crippen LogP contribution is -2.43. The van der Waals surface area contributed by atoms with E-state index < -0.39 is 10.9 Å². The summed E-state index contributed by atoms with van der Waals surface area (Å²) >= 11 is 0. The predicted molar refractivity (Wildman–Crippen MR) is 114 cm³/mol. The summed E-state index contributed by atoms with van der Waals surface area (Å²) in [6, 6.07) is 4.63. The molecule has 0 atom stereocenters. The second-order valence-electron chi connectivity index (χ2n) is 8.06. The molecule has 0 bridgehead atoms. The summed E-state index contributed by atoms with van der Waals surface area (Å²) in [7, 11) is 0. The summed E-state index contributed by atoms with van der Waals surface area (Å²) in [6.07, 6.45) is 8.51. The topological polar surface area (TPSA) is 93.0 Å². The van der Waals surface area contributed by atoms with Gasteiger partial charge in [-0.1, -0.05) is 19.3 Å². The molecular formula is C22H31N3O5. The molecule has 2 aliphatic rings. The molecule has 1 aromatic carbocycles. The summed E-state index contributed by atoms with van der Waals surface area (Å²) in [6.45, 7) is 3.71. The van der Waals surface area contributed by atoms with Crippen LogP contribution in [0.25, 0.3) is 0 Å². The van der Waals surface area contributed by atoms with Gasteiger partial charge in [0.2, 0.25) is 0 Å². The number of amides is 1. The van der Waals surface area contributed by atoms with Gasteiger partial charge in [0, 0.05) is 31.7 Å². The number of nitro benzene ring substituents is 1. The Balaban J connectivity index is 1.65. The van der Waals surface area contributed by atoms with Crippen LogP contribution in [0.2, 0.25) is 0 Å². The Kier molecular flexibility index (Phi) is 7.65.